The van der Waals surface area contributed by atoms with Gasteiger partial charge in [-0.1, -0.05) is 12.8 Å². The Balaban J connectivity index is 1.65. The van der Waals surface area contributed by atoms with E-state index in [0.29, 0.717) is 5.92 Å². The maximum atomic E-state index is 11.8. The summed E-state index contributed by atoms with van der Waals surface area (Å²) >= 11 is 0. The molecule has 0 saturated heterocycles. The Hall–Kier alpha value is -1.29. The second kappa shape index (κ2) is 6.05. The number of carbonyl (C=O) groups is 1. The summed E-state index contributed by atoms with van der Waals surface area (Å²) < 4.78 is 5.26. The molecule has 1 saturated carbocycles. The van der Waals surface area contributed by atoms with Crippen LogP contribution in [-0.2, 0) is 11.2 Å². The molecule has 2 atom stereocenters. The van der Waals surface area contributed by atoms with E-state index in [1.54, 1.807) is 6.26 Å². The van der Waals surface area contributed by atoms with Gasteiger partial charge in [-0.25, -0.2) is 0 Å². The van der Waals surface area contributed by atoms with Crippen molar-refractivity contribution in [1.29, 1.82) is 0 Å². The summed E-state index contributed by atoms with van der Waals surface area (Å²) in [5.74, 6) is 1.62. The average Bonchev–Trinajstić information content (AvgIpc) is 2.99. The van der Waals surface area contributed by atoms with Gasteiger partial charge in [-0.2, -0.15) is 0 Å². The minimum absolute atomic E-state index is 0.0196. The molecule has 1 fully saturated rings. The highest BCUT2D eigenvalue weighted by Crippen LogP contribution is 2.33. The van der Waals surface area contributed by atoms with Crippen LogP contribution in [0, 0.1) is 5.92 Å². The molecule has 100 valence electrons. The first-order chi connectivity index (χ1) is 8.65. The van der Waals surface area contributed by atoms with Crippen LogP contribution in [0.5, 0.6) is 0 Å². The Morgan fingerprint density at radius 2 is 2.39 bits per heavy atom. The summed E-state index contributed by atoms with van der Waals surface area (Å²) in [7, 11) is 0. The number of nitrogens with two attached hydrogens (primary N) is 1. The molecule has 4 heteroatoms. The van der Waals surface area contributed by atoms with E-state index < -0.39 is 0 Å². The summed E-state index contributed by atoms with van der Waals surface area (Å²) in [4.78, 5) is 11.8. The van der Waals surface area contributed by atoms with Crippen LogP contribution in [0.4, 0.5) is 0 Å². The molecule has 0 radical (unpaired) electrons. The number of hydrogen-bond acceptors (Lipinski definition) is 3. The topological polar surface area (TPSA) is 68.3 Å². The van der Waals surface area contributed by atoms with E-state index >= 15 is 0 Å². The van der Waals surface area contributed by atoms with E-state index in [-0.39, 0.29) is 18.0 Å². The lowest BCUT2D eigenvalue weighted by Crippen LogP contribution is -2.44. The van der Waals surface area contributed by atoms with E-state index in [1.807, 2.05) is 19.1 Å². The number of amides is 1. The fourth-order valence-corrected chi connectivity index (χ4v) is 2.06. The molecule has 0 aliphatic heterocycles. The molecule has 4 nitrogen and oxygen atoms in total. The number of furan rings is 1. The van der Waals surface area contributed by atoms with Gasteiger partial charge in [0, 0.05) is 12.5 Å². The largest absolute Gasteiger partial charge is 0.469 e. The summed E-state index contributed by atoms with van der Waals surface area (Å²) in [5.41, 5.74) is 5.87. The third-order valence-electron chi connectivity index (χ3n) is 3.41. The highest BCUT2D eigenvalue weighted by atomic mass is 16.3. The summed E-state index contributed by atoms with van der Waals surface area (Å²) in [5, 5.41) is 2.97. The fourth-order valence-electron chi connectivity index (χ4n) is 2.06. The van der Waals surface area contributed by atoms with Crippen LogP contribution < -0.4 is 11.1 Å². The zero-order valence-electron chi connectivity index (χ0n) is 10.9. The number of rotatable bonds is 7. The molecule has 18 heavy (non-hydrogen) atoms. The highest BCUT2D eigenvalue weighted by molar-refractivity contribution is 5.81. The van der Waals surface area contributed by atoms with Crippen molar-refractivity contribution in [1.82, 2.24) is 5.32 Å². The number of carbonyl (C=O) groups excluding carboxylic acids is 1. The van der Waals surface area contributed by atoms with E-state index in [4.69, 9.17) is 10.2 Å². The van der Waals surface area contributed by atoms with Crippen molar-refractivity contribution in [3.05, 3.63) is 24.2 Å². The van der Waals surface area contributed by atoms with Gasteiger partial charge in [0.25, 0.3) is 0 Å². The van der Waals surface area contributed by atoms with Gasteiger partial charge in [0.1, 0.15) is 5.76 Å². The molecule has 1 amide bonds. The first-order valence-corrected chi connectivity index (χ1v) is 6.73. The zero-order chi connectivity index (χ0) is 13.0. The minimum Gasteiger partial charge on any atom is -0.469 e. The number of nitrogens with one attached hydrogen (secondary N) is 1. The molecule has 2 rings (SSSR count). The van der Waals surface area contributed by atoms with Gasteiger partial charge < -0.3 is 15.5 Å². The van der Waals surface area contributed by atoms with E-state index in [0.717, 1.165) is 25.0 Å². The predicted molar refractivity (Wildman–Crippen MR) is 70.0 cm³/mol. The lowest BCUT2D eigenvalue weighted by molar-refractivity contribution is -0.123. The van der Waals surface area contributed by atoms with Gasteiger partial charge in [-0.05, 0) is 37.8 Å². The predicted octanol–water partition coefficient (Wildman–Crippen LogP) is 1.84. The molecule has 1 aliphatic carbocycles. The number of aryl methyl sites for hydroxylation is 1. The molecule has 3 N–H and O–H groups in total. The standard InChI is InChI=1S/C14H22N2O2/c1-10(4-7-12-3-2-8-18-12)16-14(17)13(15)9-11-5-6-11/h2-3,8,10-11,13H,4-7,9,15H2,1H3,(H,16,17). The molecule has 0 aromatic carbocycles. The van der Waals surface area contributed by atoms with Gasteiger partial charge in [0.05, 0.1) is 12.3 Å². The van der Waals surface area contributed by atoms with Crippen LogP contribution in [0.15, 0.2) is 22.8 Å². The van der Waals surface area contributed by atoms with Crippen molar-refractivity contribution in [3.63, 3.8) is 0 Å². The first-order valence-electron chi connectivity index (χ1n) is 6.73. The summed E-state index contributed by atoms with van der Waals surface area (Å²) in [6, 6.07) is 3.62. The molecule has 1 aliphatic rings. The van der Waals surface area contributed by atoms with Gasteiger partial charge in [-0.3, -0.25) is 4.79 Å². The maximum Gasteiger partial charge on any atom is 0.237 e. The van der Waals surface area contributed by atoms with Crippen LogP contribution in [0.3, 0.4) is 0 Å². The van der Waals surface area contributed by atoms with E-state index in [1.165, 1.54) is 12.8 Å². The van der Waals surface area contributed by atoms with Crippen molar-refractivity contribution >= 4 is 5.91 Å². The van der Waals surface area contributed by atoms with Crippen LogP contribution >= 0.6 is 0 Å². The van der Waals surface area contributed by atoms with Crippen molar-refractivity contribution in [2.75, 3.05) is 0 Å². The SMILES string of the molecule is CC(CCc1ccco1)NC(=O)C(N)CC1CC1. The van der Waals surface area contributed by atoms with Crippen molar-refractivity contribution in [2.24, 2.45) is 11.7 Å². The van der Waals surface area contributed by atoms with Crippen LogP contribution in [0.25, 0.3) is 0 Å². The van der Waals surface area contributed by atoms with Gasteiger partial charge in [-0.15, -0.1) is 0 Å². The highest BCUT2D eigenvalue weighted by Gasteiger charge is 2.27. The smallest absolute Gasteiger partial charge is 0.237 e. The van der Waals surface area contributed by atoms with Gasteiger partial charge in [0.15, 0.2) is 0 Å². The molecule has 0 spiro atoms. The molecule has 1 heterocycles. The maximum absolute atomic E-state index is 11.8. The van der Waals surface area contributed by atoms with Crippen molar-refractivity contribution < 1.29 is 9.21 Å². The Labute approximate surface area is 108 Å². The second-order valence-corrected chi connectivity index (χ2v) is 5.31. The third-order valence-corrected chi connectivity index (χ3v) is 3.41. The lowest BCUT2D eigenvalue weighted by atomic mass is 10.1. The zero-order valence-corrected chi connectivity index (χ0v) is 10.9. The Kier molecular flexibility index (Phi) is 4.42. The summed E-state index contributed by atoms with van der Waals surface area (Å²) in [6.45, 7) is 2.00. The molecule has 1 aromatic heterocycles. The van der Waals surface area contributed by atoms with Gasteiger partial charge >= 0.3 is 0 Å². The third kappa shape index (κ3) is 4.18. The van der Waals surface area contributed by atoms with Crippen molar-refractivity contribution in [3.8, 4) is 0 Å². The Morgan fingerprint density at radius 1 is 1.61 bits per heavy atom. The molecular formula is C14H22N2O2. The van der Waals surface area contributed by atoms with Crippen LogP contribution in [-0.4, -0.2) is 18.0 Å². The van der Waals surface area contributed by atoms with Crippen LogP contribution in [0.2, 0.25) is 0 Å². The van der Waals surface area contributed by atoms with Gasteiger partial charge in [0.2, 0.25) is 5.91 Å². The molecule has 1 aromatic rings. The first kappa shape index (κ1) is 13.1. The second-order valence-electron chi connectivity index (χ2n) is 5.31. The van der Waals surface area contributed by atoms with E-state index in [2.05, 4.69) is 5.32 Å². The minimum atomic E-state index is -0.344. The average molecular weight is 250 g/mol. The van der Waals surface area contributed by atoms with E-state index in [9.17, 15) is 4.79 Å². The Morgan fingerprint density at radius 3 is 3.00 bits per heavy atom. The molecule has 0 bridgehead atoms. The molecule has 2 unspecified atom stereocenters. The quantitative estimate of drug-likeness (QED) is 0.776. The number of hydrogen-bond donors (Lipinski definition) is 2. The Bertz CT molecular complexity index is 371. The monoisotopic (exact) mass is 250 g/mol. The summed E-state index contributed by atoms with van der Waals surface area (Å²) in [6.07, 6.45) is 6.67. The van der Waals surface area contributed by atoms with Crippen molar-refractivity contribution in [2.45, 2.75) is 51.1 Å². The lowest BCUT2D eigenvalue weighted by Gasteiger charge is -2.17. The normalized spacial score (nSPS) is 18.3. The molecular weight excluding hydrogens is 228 g/mol. The fraction of sp³-hybridized carbons (Fsp3) is 0.643. The van der Waals surface area contributed by atoms with Crippen LogP contribution in [0.1, 0.15) is 38.4 Å².